The fraction of sp³-hybridized carbons (Fsp3) is 0. The lowest BCUT2D eigenvalue weighted by molar-refractivity contribution is 0.0697. The molecule has 0 saturated heterocycles. The molecule has 0 aliphatic heterocycles. The summed E-state index contributed by atoms with van der Waals surface area (Å²) in [6.45, 7) is 0. The van der Waals surface area contributed by atoms with Gasteiger partial charge in [-0.05, 0) is 34.1 Å². The molecule has 0 saturated carbocycles. The normalized spacial score (nSPS) is 8.83. The highest BCUT2D eigenvalue weighted by Gasteiger charge is 2.05. The van der Waals surface area contributed by atoms with Gasteiger partial charge in [-0.3, -0.25) is 0 Å². The summed E-state index contributed by atoms with van der Waals surface area (Å²) in [5.41, 5.74) is 0.0678. The monoisotopic (exact) mass is 298 g/mol. The third kappa shape index (κ3) is 2.57. The molecule has 1 N–H and O–H groups in total. The van der Waals surface area contributed by atoms with Gasteiger partial charge >= 0.3 is 5.97 Å². The lowest BCUT2D eigenvalue weighted by atomic mass is 10.2. The van der Waals surface area contributed by atoms with Crippen LogP contribution in [0.3, 0.4) is 0 Å². The van der Waals surface area contributed by atoms with Gasteiger partial charge in [0.1, 0.15) is 5.82 Å². The van der Waals surface area contributed by atoms with Crippen LogP contribution in [0.25, 0.3) is 0 Å². The predicted molar refractivity (Wildman–Crippen MR) is 51.4 cm³/mol. The first-order chi connectivity index (χ1) is 5.11. The summed E-state index contributed by atoms with van der Waals surface area (Å²) >= 11 is 2.88. The van der Waals surface area contributed by atoms with Crippen molar-refractivity contribution in [1.29, 1.82) is 0 Å². The van der Waals surface area contributed by atoms with Crippen LogP contribution in [0.5, 0.6) is 0 Å². The number of carbonyl (C=O) groups is 1. The second kappa shape index (κ2) is 4.57. The summed E-state index contributed by atoms with van der Waals surface area (Å²) in [6, 6.07) is 3.54. The zero-order valence-electron chi connectivity index (χ0n) is 5.75. The fourth-order valence-corrected chi connectivity index (χ4v) is 1.01. The molecule has 0 heterocycles. The van der Waals surface area contributed by atoms with Gasteiger partial charge in [0.2, 0.25) is 0 Å². The number of rotatable bonds is 1. The lowest BCUT2D eigenvalue weighted by Gasteiger charge is -1.95. The second-order valence-corrected chi connectivity index (χ2v) is 2.79. The summed E-state index contributed by atoms with van der Waals surface area (Å²) in [5, 5.41) is 8.46. The number of hydrogen-bond acceptors (Lipinski definition) is 1. The third-order valence-electron chi connectivity index (χ3n) is 1.17. The molecular weight excluding hydrogens is 295 g/mol. The molecule has 0 aromatic heterocycles. The molecule has 0 fully saturated rings. The Kier molecular flexibility index (Phi) is 4.41. The van der Waals surface area contributed by atoms with Crippen molar-refractivity contribution in [3.8, 4) is 0 Å². The fourth-order valence-electron chi connectivity index (χ4n) is 0.629. The smallest absolute Gasteiger partial charge is 0.335 e. The van der Waals surface area contributed by atoms with Crippen LogP contribution in [0.4, 0.5) is 4.39 Å². The first-order valence-electron chi connectivity index (χ1n) is 2.79. The summed E-state index contributed by atoms with van der Waals surface area (Å²) in [6.07, 6.45) is 0. The number of aromatic carboxylic acids is 1. The Balaban J connectivity index is 0.00000121. The molecule has 0 amide bonds. The van der Waals surface area contributed by atoms with Gasteiger partial charge < -0.3 is 5.11 Å². The van der Waals surface area contributed by atoms with Gasteiger partial charge in [0.15, 0.2) is 0 Å². The molecule has 12 heavy (non-hydrogen) atoms. The molecule has 66 valence electrons. The number of benzene rings is 1. The van der Waals surface area contributed by atoms with Crippen LogP contribution in [-0.4, -0.2) is 11.1 Å². The molecule has 0 aliphatic carbocycles. The molecule has 1 rings (SSSR count). The highest BCUT2D eigenvalue weighted by molar-refractivity contribution is 9.10. The number of carboxylic acid groups (broad SMARTS) is 1. The molecule has 0 radical (unpaired) electrons. The van der Waals surface area contributed by atoms with Crippen LogP contribution in [0.15, 0.2) is 22.7 Å². The van der Waals surface area contributed by atoms with Crippen molar-refractivity contribution in [2.75, 3.05) is 0 Å². The molecule has 0 spiro atoms. The predicted octanol–water partition coefficient (Wildman–Crippen LogP) is 2.86. The number of hydrogen-bond donors (Lipinski definition) is 1. The average molecular weight is 300 g/mol. The summed E-state index contributed by atoms with van der Waals surface area (Å²) in [5.74, 6) is -1.53. The van der Waals surface area contributed by atoms with Gasteiger partial charge in [-0.1, -0.05) is 0 Å². The van der Waals surface area contributed by atoms with E-state index in [2.05, 4.69) is 15.9 Å². The SMILES string of the molecule is Br.O=C(O)c1ccc(F)c(Br)c1. The van der Waals surface area contributed by atoms with Crippen molar-refractivity contribution in [3.63, 3.8) is 0 Å². The average Bonchev–Trinajstić information content (AvgIpc) is 1.94. The maximum Gasteiger partial charge on any atom is 0.335 e. The second-order valence-electron chi connectivity index (χ2n) is 1.93. The summed E-state index contributed by atoms with van der Waals surface area (Å²) < 4.78 is 12.7. The zero-order chi connectivity index (χ0) is 8.43. The van der Waals surface area contributed by atoms with Crippen molar-refractivity contribution in [1.82, 2.24) is 0 Å². The molecule has 0 bridgehead atoms. The molecule has 1 aromatic carbocycles. The molecule has 2 nitrogen and oxygen atoms in total. The Morgan fingerprint density at radius 2 is 2.08 bits per heavy atom. The van der Waals surface area contributed by atoms with E-state index in [1.165, 1.54) is 12.1 Å². The maximum atomic E-state index is 12.5. The molecular formula is C7H5Br2FO2. The summed E-state index contributed by atoms with van der Waals surface area (Å²) in [7, 11) is 0. The van der Waals surface area contributed by atoms with Gasteiger partial charge in [0, 0.05) is 0 Å². The van der Waals surface area contributed by atoms with E-state index in [1.54, 1.807) is 0 Å². The van der Waals surface area contributed by atoms with E-state index in [0.29, 0.717) is 0 Å². The van der Waals surface area contributed by atoms with Crippen molar-refractivity contribution in [2.45, 2.75) is 0 Å². The van der Waals surface area contributed by atoms with E-state index in [0.717, 1.165) is 6.07 Å². The van der Waals surface area contributed by atoms with Crippen molar-refractivity contribution in [2.24, 2.45) is 0 Å². The van der Waals surface area contributed by atoms with E-state index in [4.69, 9.17) is 5.11 Å². The van der Waals surface area contributed by atoms with Crippen molar-refractivity contribution in [3.05, 3.63) is 34.1 Å². The first-order valence-corrected chi connectivity index (χ1v) is 3.59. The van der Waals surface area contributed by atoms with E-state index < -0.39 is 11.8 Å². The minimum atomic E-state index is -1.06. The third-order valence-corrected chi connectivity index (χ3v) is 1.77. The van der Waals surface area contributed by atoms with Crippen LogP contribution in [0.2, 0.25) is 0 Å². The minimum absolute atomic E-state index is 0. The lowest BCUT2D eigenvalue weighted by Crippen LogP contribution is -1.95. The Morgan fingerprint density at radius 1 is 1.50 bits per heavy atom. The van der Waals surface area contributed by atoms with Gasteiger partial charge in [0.05, 0.1) is 10.0 Å². The highest BCUT2D eigenvalue weighted by atomic mass is 79.9. The largest absolute Gasteiger partial charge is 0.478 e. The van der Waals surface area contributed by atoms with E-state index in [9.17, 15) is 9.18 Å². The molecule has 0 atom stereocenters. The zero-order valence-corrected chi connectivity index (χ0v) is 9.05. The quantitative estimate of drug-likeness (QED) is 0.866. The Labute approximate surface area is 87.3 Å². The maximum absolute atomic E-state index is 12.5. The molecule has 1 aromatic rings. The highest BCUT2D eigenvalue weighted by Crippen LogP contribution is 2.16. The van der Waals surface area contributed by atoms with E-state index in [1.807, 2.05) is 0 Å². The minimum Gasteiger partial charge on any atom is -0.478 e. The van der Waals surface area contributed by atoms with Crippen LogP contribution in [0.1, 0.15) is 10.4 Å². The standard InChI is InChI=1S/C7H4BrFO2.BrH/c8-5-3-4(7(10)11)1-2-6(5)9;/h1-3H,(H,10,11);1H. The molecule has 5 heteroatoms. The number of halogens is 3. The van der Waals surface area contributed by atoms with Gasteiger partial charge in [-0.2, -0.15) is 0 Å². The van der Waals surface area contributed by atoms with Crippen LogP contribution in [0, 0.1) is 5.82 Å². The molecule has 0 aliphatic rings. The molecule has 0 unspecified atom stereocenters. The van der Waals surface area contributed by atoms with E-state index >= 15 is 0 Å². The van der Waals surface area contributed by atoms with Crippen LogP contribution < -0.4 is 0 Å². The van der Waals surface area contributed by atoms with Crippen LogP contribution in [-0.2, 0) is 0 Å². The Morgan fingerprint density at radius 3 is 2.50 bits per heavy atom. The topological polar surface area (TPSA) is 37.3 Å². The Bertz CT molecular complexity index is 301. The van der Waals surface area contributed by atoms with Crippen LogP contribution >= 0.6 is 32.9 Å². The van der Waals surface area contributed by atoms with Gasteiger partial charge in [-0.25, -0.2) is 9.18 Å². The number of carboxylic acids is 1. The van der Waals surface area contributed by atoms with Gasteiger partial charge in [0.25, 0.3) is 0 Å². The van der Waals surface area contributed by atoms with E-state index in [-0.39, 0.29) is 27.0 Å². The first kappa shape index (κ1) is 11.6. The van der Waals surface area contributed by atoms with Gasteiger partial charge in [-0.15, -0.1) is 17.0 Å². The van der Waals surface area contributed by atoms with Crippen molar-refractivity contribution < 1.29 is 14.3 Å². The summed E-state index contributed by atoms with van der Waals surface area (Å²) in [4.78, 5) is 10.3. The van der Waals surface area contributed by atoms with Crippen molar-refractivity contribution >= 4 is 38.9 Å². The Hall–Kier alpha value is -0.420.